The van der Waals surface area contributed by atoms with Gasteiger partial charge >= 0.3 is 0 Å². The van der Waals surface area contributed by atoms with E-state index in [1.165, 1.54) is 7.11 Å². The van der Waals surface area contributed by atoms with E-state index in [2.05, 4.69) is 26.1 Å². The maximum Gasteiger partial charge on any atom is 0.294 e. The molecule has 2 saturated heterocycles. The van der Waals surface area contributed by atoms with E-state index in [0.29, 0.717) is 47.0 Å². The van der Waals surface area contributed by atoms with Crippen LogP contribution in [0.4, 0.5) is 16.2 Å². The van der Waals surface area contributed by atoms with Crippen LogP contribution in [-0.2, 0) is 14.3 Å². The molecule has 2 aliphatic rings. The second kappa shape index (κ2) is 11.8. The average Bonchev–Trinajstić information content (AvgIpc) is 3.14. The van der Waals surface area contributed by atoms with E-state index in [9.17, 15) is 14.4 Å². The van der Waals surface area contributed by atoms with Gasteiger partial charge in [-0.05, 0) is 66.7 Å². The number of nitrogens with one attached hydrogen (secondary N) is 1. The van der Waals surface area contributed by atoms with Gasteiger partial charge in [-0.3, -0.25) is 19.3 Å². The van der Waals surface area contributed by atoms with Crippen LogP contribution in [0.25, 0.3) is 6.08 Å². The molecule has 1 N–H and O–H groups in total. The number of benzene rings is 2. The number of methoxy groups -OCH3 is 1. The Bertz CT molecular complexity index is 1180. The number of amides is 3. The number of morpholine rings is 1. The van der Waals surface area contributed by atoms with Crippen LogP contribution in [0, 0.1) is 0 Å². The molecule has 2 aliphatic heterocycles. The number of carbonyl (C=O) groups is 3. The van der Waals surface area contributed by atoms with Gasteiger partial charge in [-0.15, -0.1) is 0 Å². The van der Waals surface area contributed by atoms with E-state index in [-0.39, 0.29) is 11.4 Å². The van der Waals surface area contributed by atoms with E-state index in [1.807, 2.05) is 19.1 Å². The molecule has 2 fully saturated rings. The molecular formula is C25H26BrN3O6S. The van der Waals surface area contributed by atoms with Gasteiger partial charge < -0.3 is 24.4 Å². The SMILES string of the molecule is CCOc1cc(Br)c(/C=C2\SC(=O)N(CC(=O)Nc3ccc(N4CCOCC4)cc3)C2=O)cc1OC. The molecule has 36 heavy (non-hydrogen) atoms. The summed E-state index contributed by atoms with van der Waals surface area (Å²) in [6.07, 6.45) is 1.59. The molecule has 0 unspecified atom stereocenters. The molecule has 2 aromatic carbocycles. The predicted octanol–water partition coefficient (Wildman–Crippen LogP) is 4.37. The fourth-order valence-corrected chi connectivity index (χ4v) is 5.05. The van der Waals surface area contributed by atoms with Crippen molar-refractivity contribution >= 4 is 62.2 Å². The number of anilines is 2. The van der Waals surface area contributed by atoms with Crippen LogP contribution in [0.3, 0.4) is 0 Å². The summed E-state index contributed by atoms with van der Waals surface area (Å²) in [6, 6.07) is 10.9. The number of ether oxygens (including phenoxy) is 3. The highest BCUT2D eigenvalue weighted by molar-refractivity contribution is 9.10. The van der Waals surface area contributed by atoms with Crippen LogP contribution in [-0.4, -0.2) is 68.5 Å². The second-order valence-corrected chi connectivity index (χ2v) is 9.77. The first kappa shape index (κ1) is 26.1. The molecule has 190 valence electrons. The summed E-state index contributed by atoms with van der Waals surface area (Å²) in [4.78, 5) is 41.4. The standard InChI is InChI=1S/C25H26BrN3O6S/c1-3-35-21-14-19(26)16(12-20(21)33-2)13-22-24(31)29(25(32)36-22)15-23(30)27-17-4-6-18(7-5-17)28-8-10-34-11-9-28/h4-7,12-14H,3,8-11,15H2,1-2H3,(H,27,30)/b22-13-. The smallest absolute Gasteiger partial charge is 0.294 e. The number of rotatable bonds is 8. The van der Waals surface area contributed by atoms with Gasteiger partial charge in [0, 0.05) is 28.9 Å². The van der Waals surface area contributed by atoms with Gasteiger partial charge in [0.15, 0.2) is 11.5 Å². The van der Waals surface area contributed by atoms with Crippen LogP contribution in [0.1, 0.15) is 12.5 Å². The highest BCUT2D eigenvalue weighted by atomic mass is 79.9. The summed E-state index contributed by atoms with van der Waals surface area (Å²) in [7, 11) is 1.53. The zero-order valence-electron chi connectivity index (χ0n) is 19.9. The number of hydrogen-bond donors (Lipinski definition) is 1. The van der Waals surface area contributed by atoms with Crippen molar-refractivity contribution in [1.82, 2.24) is 4.90 Å². The Morgan fingerprint density at radius 1 is 1.17 bits per heavy atom. The van der Waals surface area contributed by atoms with Gasteiger partial charge in [0.1, 0.15) is 6.54 Å². The molecule has 0 atom stereocenters. The summed E-state index contributed by atoms with van der Waals surface area (Å²) in [5.41, 5.74) is 2.28. The van der Waals surface area contributed by atoms with Crippen molar-refractivity contribution < 1.29 is 28.6 Å². The third-order valence-corrected chi connectivity index (χ3v) is 7.17. The van der Waals surface area contributed by atoms with Crippen LogP contribution < -0.4 is 19.7 Å². The average molecular weight is 576 g/mol. The first-order valence-corrected chi connectivity index (χ1v) is 13.0. The van der Waals surface area contributed by atoms with Crippen molar-refractivity contribution in [3.05, 3.63) is 51.3 Å². The van der Waals surface area contributed by atoms with E-state index >= 15 is 0 Å². The highest BCUT2D eigenvalue weighted by Gasteiger charge is 2.36. The number of carbonyl (C=O) groups excluding carboxylic acids is 3. The Morgan fingerprint density at radius 2 is 1.89 bits per heavy atom. The lowest BCUT2D eigenvalue weighted by atomic mass is 10.2. The highest BCUT2D eigenvalue weighted by Crippen LogP contribution is 2.38. The van der Waals surface area contributed by atoms with Gasteiger partial charge in [-0.25, -0.2) is 0 Å². The fourth-order valence-electron chi connectivity index (χ4n) is 3.79. The van der Waals surface area contributed by atoms with Crippen molar-refractivity contribution in [2.24, 2.45) is 0 Å². The molecule has 4 rings (SSSR count). The van der Waals surface area contributed by atoms with Crippen molar-refractivity contribution in [2.75, 3.05) is 56.8 Å². The zero-order chi connectivity index (χ0) is 25.7. The zero-order valence-corrected chi connectivity index (χ0v) is 22.3. The Kier molecular flexibility index (Phi) is 8.55. The lowest BCUT2D eigenvalue weighted by Crippen LogP contribution is -2.36. The molecule has 3 amide bonds. The van der Waals surface area contributed by atoms with Gasteiger partial charge in [0.05, 0.1) is 31.8 Å². The molecule has 2 heterocycles. The van der Waals surface area contributed by atoms with E-state index in [1.54, 1.807) is 30.3 Å². The number of thioether (sulfide) groups is 1. The summed E-state index contributed by atoms with van der Waals surface area (Å²) < 4.78 is 17.0. The van der Waals surface area contributed by atoms with E-state index < -0.39 is 17.1 Å². The van der Waals surface area contributed by atoms with Gasteiger partial charge in [-0.1, -0.05) is 15.9 Å². The van der Waals surface area contributed by atoms with Crippen LogP contribution in [0.5, 0.6) is 11.5 Å². The third kappa shape index (κ3) is 6.03. The number of nitrogens with zero attached hydrogens (tertiary/aromatic N) is 2. The minimum Gasteiger partial charge on any atom is -0.493 e. The van der Waals surface area contributed by atoms with Crippen LogP contribution in [0.2, 0.25) is 0 Å². The number of imide groups is 1. The summed E-state index contributed by atoms with van der Waals surface area (Å²) in [6.45, 7) is 4.98. The minimum absolute atomic E-state index is 0.217. The number of halogens is 1. The van der Waals surface area contributed by atoms with Gasteiger partial charge in [-0.2, -0.15) is 0 Å². The maximum absolute atomic E-state index is 12.9. The van der Waals surface area contributed by atoms with Crippen molar-refractivity contribution in [3.8, 4) is 11.5 Å². The Morgan fingerprint density at radius 3 is 2.56 bits per heavy atom. The summed E-state index contributed by atoms with van der Waals surface area (Å²) in [5.74, 6) is 0.0838. The molecule has 0 bridgehead atoms. The van der Waals surface area contributed by atoms with Crippen molar-refractivity contribution in [1.29, 1.82) is 0 Å². The number of hydrogen-bond acceptors (Lipinski definition) is 8. The molecule has 2 aromatic rings. The molecule has 0 aromatic heterocycles. The Hall–Kier alpha value is -3.02. The van der Waals surface area contributed by atoms with Crippen molar-refractivity contribution in [3.63, 3.8) is 0 Å². The topological polar surface area (TPSA) is 97.4 Å². The van der Waals surface area contributed by atoms with E-state index in [4.69, 9.17) is 14.2 Å². The summed E-state index contributed by atoms with van der Waals surface area (Å²) >= 11 is 4.26. The Labute approximate surface area is 221 Å². The van der Waals surface area contributed by atoms with Crippen LogP contribution in [0.15, 0.2) is 45.8 Å². The lowest BCUT2D eigenvalue weighted by Gasteiger charge is -2.28. The maximum atomic E-state index is 12.9. The monoisotopic (exact) mass is 575 g/mol. The molecule has 0 radical (unpaired) electrons. The molecular weight excluding hydrogens is 550 g/mol. The van der Waals surface area contributed by atoms with Gasteiger partial charge in [0.2, 0.25) is 5.91 Å². The van der Waals surface area contributed by atoms with Gasteiger partial charge in [0.25, 0.3) is 11.1 Å². The largest absolute Gasteiger partial charge is 0.493 e. The van der Waals surface area contributed by atoms with Crippen LogP contribution >= 0.6 is 27.7 Å². The second-order valence-electron chi connectivity index (χ2n) is 7.92. The normalized spacial score (nSPS) is 17.0. The lowest BCUT2D eigenvalue weighted by molar-refractivity contribution is -0.127. The minimum atomic E-state index is -0.525. The molecule has 0 aliphatic carbocycles. The van der Waals surface area contributed by atoms with E-state index in [0.717, 1.165) is 35.4 Å². The third-order valence-electron chi connectivity index (χ3n) is 5.57. The molecule has 0 spiro atoms. The first-order valence-electron chi connectivity index (χ1n) is 11.4. The predicted molar refractivity (Wildman–Crippen MR) is 143 cm³/mol. The fraction of sp³-hybridized carbons (Fsp3) is 0.320. The molecule has 9 nitrogen and oxygen atoms in total. The quantitative estimate of drug-likeness (QED) is 0.463. The molecule has 11 heteroatoms. The Balaban J connectivity index is 1.41. The summed E-state index contributed by atoms with van der Waals surface area (Å²) in [5, 5.41) is 2.25. The molecule has 0 saturated carbocycles. The first-order chi connectivity index (χ1) is 17.4. The van der Waals surface area contributed by atoms with Crippen molar-refractivity contribution in [2.45, 2.75) is 6.92 Å².